The molecule has 10 heteroatoms. The van der Waals surface area contributed by atoms with Crippen molar-refractivity contribution in [3.63, 3.8) is 0 Å². The number of anilines is 1. The predicted octanol–water partition coefficient (Wildman–Crippen LogP) is 3.29. The van der Waals surface area contributed by atoms with Gasteiger partial charge in [0.15, 0.2) is 0 Å². The first-order valence-corrected chi connectivity index (χ1v) is 9.25. The maximum Gasteiger partial charge on any atom is 0.405 e. The van der Waals surface area contributed by atoms with Crippen LogP contribution >= 0.6 is 11.3 Å². The van der Waals surface area contributed by atoms with Crippen LogP contribution in [0, 0.1) is 18.8 Å². The van der Waals surface area contributed by atoms with Gasteiger partial charge in [-0.25, -0.2) is 10.0 Å². The first-order valence-electron chi connectivity index (χ1n) is 8.44. The van der Waals surface area contributed by atoms with Crippen LogP contribution in [-0.4, -0.2) is 40.3 Å². The molecule has 6 nitrogen and oxygen atoms in total. The zero-order valence-electron chi connectivity index (χ0n) is 15.1. The predicted molar refractivity (Wildman–Crippen MR) is 99.1 cm³/mol. The highest BCUT2D eigenvalue weighted by molar-refractivity contribution is 7.16. The largest absolute Gasteiger partial charge is 0.405 e. The van der Waals surface area contributed by atoms with Crippen LogP contribution in [0.5, 0.6) is 0 Å². The van der Waals surface area contributed by atoms with Crippen molar-refractivity contribution in [3.8, 4) is 11.8 Å². The molecule has 150 valence electrons. The molecule has 0 aliphatic heterocycles. The van der Waals surface area contributed by atoms with Gasteiger partial charge in [0.05, 0.1) is 5.69 Å². The monoisotopic (exact) mass is 412 g/mol. The van der Waals surface area contributed by atoms with Crippen molar-refractivity contribution in [2.24, 2.45) is 0 Å². The Morgan fingerprint density at radius 2 is 2.00 bits per heavy atom. The molecule has 0 spiro atoms. The minimum atomic E-state index is -4.42. The molecular formula is C18H19F3N4O2S. The van der Waals surface area contributed by atoms with Crippen molar-refractivity contribution >= 4 is 22.4 Å². The Kier molecular flexibility index (Phi) is 7.78. The molecule has 0 fully saturated rings. The number of carbonyl (C=O) groups is 1. The van der Waals surface area contributed by atoms with Crippen molar-refractivity contribution in [3.05, 3.63) is 40.7 Å². The van der Waals surface area contributed by atoms with Crippen molar-refractivity contribution in [1.29, 1.82) is 0 Å². The summed E-state index contributed by atoms with van der Waals surface area (Å²) in [7, 11) is 0. The SMILES string of the molecule is Cc1nc(N(O)CCCCC(=O)NCC(F)(F)F)sc1C#Cc1ccncc1. The minimum absolute atomic E-state index is 0.0382. The summed E-state index contributed by atoms with van der Waals surface area (Å²) in [5.41, 5.74) is 1.50. The van der Waals surface area contributed by atoms with E-state index in [-0.39, 0.29) is 13.0 Å². The number of pyridine rings is 1. The van der Waals surface area contributed by atoms with Gasteiger partial charge in [0.25, 0.3) is 0 Å². The number of rotatable bonds is 7. The van der Waals surface area contributed by atoms with Crippen LogP contribution in [-0.2, 0) is 4.79 Å². The number of hydroxylamine groups is 1. The fraction of sp³-hybridized carbons (Fsp3) is 0.389. The van der Waals surface area contributed by atoms with Gasteiger partial charge >= 0.3 is 6.18 Å². The summed E-state index contributed by atoms with van der Waals surface area (Å²) < 4.78 is 36.0. The summed E-state index contributed by atoms with van der Waals surface area (Å²) >= 11 is 1.23. The summed E-state index contributed by atoms with van der Waals surface area (Å²) in [5, 5.41) is 13.2. The summed E-state index contributed by atoms with van der Waals surface area (Å²) in [6.45, 7) is 0.659. The van der Waals surface area contributed by atoms with Crippen molar-refractivity contribution < 1.29 is 23.2 Å². The Morgan fingerprint density at radius 1 is 1.29 bits per heavy atom. The van der Waals surface area contributed by atoms with Crippen LogP contribution in [0.15, 0.2) is 24.5 Å². The van der Waals surface area contributed by atoms with Crippen LogP contribution in [0.2, 0.25) is 0 Å². The topological polar surface area (TPSA) is 78.3 Å². The molecule has 0 radical (unpaired) electrons. The third-order valence-corrected chi connectivity index (χ3v) is 4.60. The number of aryl methyl sites for hydroxylation is 1. The molecule has 0 saturated carbocycles. The maximum absolute atomic E-state index is 12.0. The Labute approximate surface area is 164 Å². The molecule has 2 N–H and O–H groups in total. The number of hydrogen-bond donors (Lipinski definition) is 2. The lowest BCUT2D eigenvalue weighted by molar-refractivity contribution is -0.138. The number of aromatic nitrogens is 2. The molecule has 0 saturated heterocycles. The zero-order valence-corrected chi connectivity index (χ0v) is 15.9. The van der Waals surface area contributed by atoms with E-state index in [0.29, 0.717) is 23.7 Å². The number of thiazole rings is 1. The summed E-state index contributed by atoms with van der Waals surface area (Å²) in [4.78, 5) is 20.2. The second-order valence-corrected chi connectivity index (χ2v) is 6.85. The number of alkyl halides is 3. The molecule has 2 aromatic rings. The molecule has 0 aliphatic carbocycles. The number of nitrogens with one attached hydrogen (secondary N) is 1. The summed E-state index contributed by atoms with van der Waals surface area (Å²) in [6.07, 6.45) is -0.393. The Hall–Kier alpha value is -2.64. The highest BCUT2D eigenvalue weighted by atomic mass is 32.1. The molecule has 0 aliphatic rings. The normalized spacial score (nSPS) is 10.9. The first kappa shape index (κ1) is 21.7. The van der Waals surface area contributed by atoms with E-state index >= 15 is 0 Å². The van der Waals surface area contributed by atoms with Gasteiger partial charge in [-0.1, -0.05) is 17.3 Å². The number of carbonyl (C=O) groups excluding carboxylic acids is 1. The fourth-order valence-electron chi connectivity index (χ4n) is 2.10. The average Bonchev–Trinajstić information content (AvgIpc) is 3.03. The van der Waals surface area contributed by atoms with Gasteiger partial charge in [-0.2, -0.15) is 13.2 Å². The number of unbranched alkanes of at least 4 members (excludes halogenated alkanes) is 1. The second-order valence-electron chi connectivity index (χ2n) is 5.87. The van der Waals surface area contributed by atoms with Crippen molar-refractivity contribution in [1.82, 2.24) is 15.3 Å². The summed E-state index contributed by atoms with van der Waals surface area (Å²) in [6, 6.07) is 3.57. The minimum Gasteiger partial charge on any atom is -0.347 e. The molecular weight excluding hydrogens is 393 g/mol. The molecule has 0 atom stereocenters. The van der Waals surface area contributed by atoms with Crippen LogP contribution in [0.25, 0.3) is 0 Å². The van der Waals surface area contributed by atoms with E-state index in [1.54, 1.807) is 31.5 Å². The van der Waals surface area contributed by atoms with Crippen molar-refractivity contribution in [2.45, 2.75) is 32.4 Å². The smallest absolute Gasteiger partial charge is 0.347 e. The number of amides is 1. The quantitative estimate of drug-likeness (QED) is 0.415. The molecule has 0 aromatic carbocycles. The fourth-order valence-corrected chi connectivity index (χ4v) is 2.96. The van der Waals surface area contributed by atoms with E-state index in [9.17, 15) is 23.2 Å². The lowest BCUT2D eigenvalue weighted by atomic mass is 10.2. The van der Waals surface area contributed by atoms with E-state index in [1.165, 1.54) is 11.3 Å². The lowest BCUT2D eigenvalue weighted by Crippen LogP contribution is -2.33. The number of nitrogens with zero attached hydrogens (tertiary/aromatic N) is 3. The molecule has 2 heterocycles. The second kappa shape index (κ2) is 10.1. The van der Waals surface area contributed by atoms with Gasteiger partial charge in [0.2, 0.25) is 11.0 Å². The number of hydrogen-bond acceptors (Lipinski definition) is 6. The van der Waals surface area contributed by atoms with Gasteiger partial charge in [0, 0.05) is 30.9 Å². The third-order valence-electron chi connectivity index (χ3n) is 3.52. The van der Waals surface area contributed by atoms with E-state index in [2.05, 4.69) is 21.8 Å². The standard InChI is InChI=1S/C18H19F3N4O2S/c1-13-15(6-5-14-7-9-22-10-8-14)28-17(24-13)25(27)11-3-2-4-16(26)23-12-18(19,20)21/h7-10,27H,2-4,11-12H2,1H3,(H,23,26). The zero-order chi connectivity index (χ0) is 20.6. The van der Waals surface area contributed by atoms with E-state index < -0.39 is 18.6 Å². The van der Waals surface area contributed by atoms with Gasteiger partial charge in [-0.05, 0) is 37.8 Å². The lowest BCUT2D eigenvalue weighted by Gasteiger charge is -2.13. The van der Waals surface area contributed by atoms with Gasteiger partial charge in [-0.3, -0.25) is 15.0 Å². The Bertz CT molecular complexity index is 844. The van der Waals surface area contributed by atoms with Gasteiger partial charge in [-0.15, -0.1) is 0 Å². The van der Waals surface area contributed by atoms with Gasteiger partial charge in [0.1, 0.15) is 11.4 Å². The van der Waals surface area contributed by atoms with Gasteiger partial charge < -0.3 is 5.32 Å². The Balaban J connectivity index is 1.80. The molecule has 0 bridgehead atoms. The molecule has 0 unspecified atom stereocenters. The molecule has 2 rings (SSSR count). The first-order chi connectivity index (χ1) is 13.2. The highest BCUT2D eigenvalue weighted by Crippen LogP contribution is 2.24. The van der Waals surface area contributed by atoms with Crippen LogP contribution in [0.4, 0.5) is 18.3 Å². The summed E-state index contributed by atoms with van der Waals surface area (Å²) in [5.74, 6) is 5.34. The number of halogens is 3. The third kappa shape index (κ3) is 7.54. The van der Waals surface area contributed by atoms with Crippen LogP contribution in [0.1, 0.15) is 35.4 Å². The highest BCUT2D eigenvalue weighted by Gasteiger charge is 2.27. The maximum atomic E-state index is 12.0. The van der Waals surface area contributed by atoms with Crippen LogP contribution < -0.4 is 10.4 Å². The Morgan fingerprint density at radius 3 is 2.68 bits per heavy atom. The van der Waals surface area contributed by atoms with Crippen molar-refractivity contribution in [2.75, 3.05) is 18.2 Å². The van der Waals surface area contributed by atoms with E-state index in [0.717, 1.165) is 15.5 Å². The van der Waals surface area contributed by atoms with Crippen LogP contribution in [0.3, 0.4) is 0 Å². The molecule has 1 amide bonds. The molecule has 28 heavy (non-hydrogen) atoms. The van der Waals surface area contributed by atoms with E-state index in [1.807, 2.05) is 5.32 Å². The molecule has 2 aromatic heterocycles. The average molecular weight is 412 g/mol. The van der Waals surface area contributed by atoms with E-state index in [4.69, 9.17) is 0 Å².